The number of hydrogen-bond donors (Lipinski definition) is 2. The highest BCUT2D eigenvalue weighted by Crippen LogP contribution is 2.10. The van der Waals surface area contributed by atoms with Gasteiger partial charge in [-0.1, -0.05) is 64.0 Å². The maximum absolute atomic E-state index is 10.4. The highest BCUT2D eigenvalue weighted by atomic mass is 16.4. The van der Waals surface area contributed by atoms with Crippen LogP contribution in [0.5, 0.6) is 0 Å². The minimum absolute atomic E-state index is 0.127. The lowest BCUT2D eigenvalue weighted by molar-refractivity contribution is -0.139. The monoisotopic (exact) mass is 298 g/mol. The van der Waals surface area contributed by atoms with Gasteiger partial charge in [-0.25, -0.2) is 0 Å². The second-order valence-corrected chi connectivity index (χ2v) is 5.92. The molecule has 0 heterocycles. The van der Waals surface area contributed by atoms with Crippen LogP contribution in [0, 0.1) is 0 Å². The molecule has 21 heavy (non-hydrogen) atoms. The lowest BCUT2D eigenvalue weighted by Gasteiger charge is -2.06. The normalized spacial score (nSPS) is 12.9. The molecule has 0 aliphatic rings. The van der Waals surface area contributed by atoms with Crippen LogP contribution in [0.4, 0.5) is 0 Å². The molecule has 0 rings (SSSR count). The summed E-state index contributed by atoms with van der Waals surface area (Å²) in [5, 5.41) is 17.9. The van der Waals surface area contributed by atoms with Crippen molar-refractivity contribution in [3.63, 3.8) is 0 Å². The lowest BCUT2D eigenvalue weighted by atomic mass is 10.1. The predicted molar refractivity (Wildman–Crippen MR) is 88.5 cm³/mol. The Morgan fingerprint density at radius 2 is 1.43 bits per heavy atom. The van der Waals surface area contributed by atoms with Crippen LogP contribution in [-0.2, 0) is 4.79 Å². The molecule has 0 radical (unpaired) electrons. The van der Waals surface area contributed by atoms with Crippen LogP contribution in [0.15, 0.2) is 12.2 Å². The number of aliphatic carboxylic acids is 1. The van der Waals surface area contributed by atoms with Crippen molar-refractivity contribution in [2.24, 2.45) is 0 Å². The molecule has 0 aliphatic carbocycles. The van der Waals surface area contributed by atoms with Crippen molar-refractivity contribution in [2.45, 2.75) is 96.5 Å². The van der Waals surface area contributed by atoms with Crippen LogP contribution in [0.3, 0.4) is 0 Å². The molecule has 0 spiro atoms. The first kappa shape index (κ1) is 20.2. The second kappa shape index (κ2) is 15.6. The molecule has 0 aromatic heterocycles. The van der Waals surface area contributed by atoms with Crippen LogP contribution in [0.25, 0.3) is 0 Å². The number of allylic oxidation sites excluding steroid dienone is 2. The third kappa shape index (κ3) is 17.1. The number of carboxylic acids is 1. The molecule has 124 valence electrons. The van der Waals surface area contributed by atoms with Crippen molar-refractivity contribution in [1.29, 1.82) is 0 Å². The fourth-order valence-corrected chi connectivity index (χ4v) is 2.40. The summed E-state index contributed by atoms with van der Waals surface area (Å²) in [6.07, 6.45) is 17.9. The number of hydrogen-bond acceptors (Lipinski definition) is 2. The lowest BCUT2D eigenvalue weighted by Crippen LogP contribution is -2.12. The van der Waals surface area contributed by atoms with Crippen LogP contribution < -0.4 is 0 Å². The quantitative estimate of drug-likeness (QED) is 0.327. The molecule has 3 heteroatoms. The molecule has 1 atom stereocenters. The van der Waals surface area contributed by atoms with Crippen LogP contribution in [0.2, 0.25) is 0 Å². The predicted octanol–water partition coefficient (Wildman–Crippen LogP) is 5.08. The number of aliphatic hydroxyl groups is 1. The van der Waals surface area contributed by atoms with Gasteiger partial charge in [-0.3, -0.25) is 4.79 Å². The van der Waals surface area contributed by atoms with E-state index in [4.69, 9.17) is 5.11 Å². The first-order chi connectivity index (χ1) is 10.2. The zero-order chi connectivity index (χ0) is 15.8. The molecule has 0 aromatic carbocycles. The van der Waals surface area contributed by atoms with Crippen LogP contribution in [-0.4, -0.2) is 22.3 Å². The van der Waals surface area contributed by atoms with Gasteiger partial charge in [0.25, 0.3) is 0 Å². The fraction of sp³-hybridized carbons (Fsp3) is 0.833. The summed E-state index contributed by atoms with van der Waals surface area (Å²) in [6, 6.07) is 0. The van der Waals surface area contributed by atoms with E-state index in [1.54, 1.807) is 0 Å². The van der Waals surface area contributed by atoms with Crippen molar-refractivity contribution >= 4 is 5.97 Å². The summed E-state index contributed by atoms with van der Waals surface area (Å²) >= 11 is 0. The van der Waals surface area contributed by atoms with E-state index in [-0.39, 0.29) is 6.42 Å². The smallest absolute Gasteiger partial charge is 0.305 e. The number of rotatable bonds is 15. The maximum atomic E-state index is 10.4. The highest BCUT2D eigenvalue weighted by Gasteiger charge is 2.08. The van der Waals surface area contributed by atoms with E-state index >= 15 is 0 Å². The second-order valence-electron chi connectivity index (χ2n) is 5.92. The van der Waals surface area contributed by atoms with E-state index in [1.807, 2.05) is 0 Å². The van der Waals surface area contributed by atoms with Gasteiger partial charge in [-0.2, -0.15) is 0 Å². The largest absolute Gasteiger partial charge is 0.481 e. The minimum Gasteiger partial charge on any atom is -0.481 e. The summed E-state index contributed by atoms with van der Waals surface area (Å²) in [6.45, 7) is 2.25. The topological polar surface area (TPSA) is 57.5 Å². The van der Waals surface area contributed by atoms with Gasteiger partial charge in [-0.05, 0) is 32.1 Å². The summed E-state index contributed by atoms with van der Waals surface area (Å²) in [5.74, 6) is -0.917. The molecule has 0 amide bonds. The van der Waals surface area contributed by atoms with E-state index in [0.717, 1.165) is 25.7 Å². The molecule has 0 fully saturated rings. The number of carboxylic acid groups (broad SMARTS) is 1. The highest BCUT2D eigenvalue weighted by molar-refractivity contribution is 5.67. The third-order valence-corrected chi connectivity index (χ3v) is 3.71. The number of carbonyl (C=O) groups is 1. The van der Waals surface area contributed by atoms with E-state index in [1.165, 1.54) is 44.9 Å². The Kier molecular flexibility index (Phi) is 14.9. The van der Waals surface area contributed by atoms with Gasteiger partial charge >= 0.3 is 5.97 Å². The zero-order valence-electron chi connectivity index (χ0n) is 13.7. The Bertz CT molecular complexity index is 261. The van der Waals surface area contributed by atoms with Crippen molar-refractivity contribution in [3.8, 4) is 0 Å². The van der Waals surface area contributed by atoms with Gasteiger partial charge in [0.15, 0.2) is 0 Å². The molecule has 2 N–H and O–H groups in total. The molecule has 0 bridgehead atoms. The Balaban J connectivity index is 3.20. The Hall–Kier alpha value is -0.830. The van der Waals surface area contributed by atoms with E-state index in [2.05, 4.69) is 19.1 Å². The average Bonchev–Trinajstić information content (AvgIpc) is 2.43. The standard InChI is InChI=1S/C18H34O3/c1-2-3-4-5-6-7-8-9-10-11-12-13-14-15-17(19)16-18(20)21/h9-10,17,19H,2-8,11-16H2,1H3,(H,20,21)/b10-9-/t17-/m1/s1. The van der Waals surface area contributed by atoms with Gasteiger partial charge in [0, 0.05) is 0 Å². The number of aliphatic hydroxyl groups excluding tert-OH is 1. The summed E-state index contributed by atoms with van der Waals surface area (Å²) in [7, 11) is 0. The maximum Gasteiger partial charge on any atom is 0.305 e. The molecule has 0 saturated carbocycles. The van der Waals surface area contributed by atoms with Crippen molar-refractivity contribution in [2.75, 3.05) is 0 Å². The SMILES string of the molecule is CCCCCCCC/C=C\CCCCC[C@@H](O)CC(=O)O. The molecule has 0 aliphatic heterocycles. The van der Waals surface area contributed by atoms with Crippen molar-refractivity contribution < 1.29 is 15.0 Å². The van der Waals surface area contributed by atoms with Crippen LogP contribution >= 0.6 is 0 Å². The van der Waals surface area contributed by atoms with E-state index < -0.39 is 12.1 Å². The molecule has 0 saturated heterocycles. The Morgan fingerprint density at radius 3 is 2.00 bits per heavy atom. The molecular formula is C18H34O3. The van der Waals surface area contributed by atoms with Gasteiger partial charge < -0.3 is 10.2 Å². The Morgan fingerprint density at radius 1 is 0.905 bits per heavy atom. The summed E-state index contributed by atoms with van der Waals surface area (Å²) in [5.41, 5.74) is 0. The van der Waals surface area contributed by atoms with Gasteiger partial charge in [0.1, 0.15) is 0 Å². The molecule has 0 aromatic rings. The summed E-state index contributed by atoms with van der Waals surface area (Å²) in [4.78, 5) is 10.4. The first-order valence-electron chi connectivity index (χ1n) is 8.71. The first-order valence-corrected chi connectivity index (χ1v) is 8.71. The minimum atomic E-state index is -0.917. The fourth-order valence-electron chi connectivity index (χ4n) is 2.40. The van der Waals surface area contributed by atoms with E-state index in [9.17, 15) is 9.90 Å². The number of unbranched alkanes of at least 4 members (excludes halogenated alkanes) is 9. The Labute approximate surface area is 130 Å². The molecule has 0 unspecified atom stereocenters. The van der Waals surface area contributed by atoms with Gasteiger partial charge in [0.2, 0.25) is 0 Å². The van der Waals surface area contributed by atoms with Crippen LogP contribution in [0.1, 0.15) is 90.4 Å². The third-order valence-electron chi connectivity index (χ3n) is 3.71. The van der Waals surface area contributed by atoms with Gasteiger partial charge in [0.05, 0.1) is 12.5 Å². The van der Waals surface area contributed by atoms with E-state index in [0.29, 0.717) is 6.42 Å². The van der Waals surface area contributed by atoms with Crippen molar-refractivity contribution in [3.05, 3.63) is 12.2 Å². The molecule has 3 nitrogen and oxygen atoms in total. The average molecular weight is 298 g/mol. The zero-order valence-corrected chi connectivity index (χ0v) is 13.7. The van der Waals surface area contributed by atoms with Gasteiger partial charge in [-0.15, -0.1) is 0 Å². The summed E-state index contributed by atoms with van der Waals surface area (Å²) < 4.78 is 0. The molecular weight excluding hydrogens is 264 g/mol. The van der Waals surface area contributed by atoms with Crippen molar-refractivity contribution in [1.82, 2.24) is 0 Å².